The van der Waals surface area contributed by atoms with Crippen LogP contribution in [0, 0.1) is 0 Å². The van der Waals surface area contributed by atoms with Crippen molar-refractivity contribution < 1.29 is 19.0 Å². The number of methoxy groups -OCH3 is 1. The highest BCUT2D eigenvalue weighted by Crippen LogP contribution is 2.33. The molecule has 1 fully saturated rings. The van der Waals surface area contributed by atoms with E-state index in [-0.39, 0.29) is 24.4 Å². The summed E-state index contributed by atoms with van der Waals surface area (Å²) in [6.45, 7) is 5.90. The molecule has 1 amide bonds. The number of hydrogen-bond donors (Lipinski definition) is 1. The van der Waals surface area contributed by atoms with Gasteiger partial charge >= 0.3 is 0 Å². The summed E-state index contributed by atoms with van der Waals surface area (Å²) in [5.74, 6) is 3.29. The second-order valence-corrected chi connectivity index (χ2v) is 11.0. The smallest absolute Gasteiger partial charge is 0.238 e. The number of rotatable bonds is 9. The quantitative estimate of drug-likeness (QED) is 0.284. The number of piperazine rings is 1. The summed E-state index contributed by atoms with van der Waals surface area (Å²) in [5.41, 5.74) is 2.13. The minimum absolute atomic E-state index is 0.0568. The predicted octanol–water partition coefficient (Wildman–Crippen LogP) is 4.05. The number of halogens is 1. The molecule has 0 radical (unpaired) electrons. The van der Waals surface area contributed by atoms with Crippen LogP contribution in [0.25, 0.3) is 5.95 Å². The number of hydrogen-bond acceptors (Lipinski definition) is 9. The third-order valence-corrected chi connectivity index (χ3v) is 7.89. The Hall–Kier alpha value is -4.35. The van der Waals surface area contributed by atoms with Crippen molar-refractivity contribution in [1.82, 2.24) is 29.7 Å². The van der Waals surface area contributed by atoms with Crippen molar-refractivity contribution in [1.29, 1.82) is 0 Å². The number of anilines is 1. The van der Waals surface area contributed by atoms with Crippen molar-refractivity contribution in [3.63, 3.8) is 0 Å². The molecule has 4 aromatic rings. The summed E-state index contributed by atoms with van der Waals surface area (Å²) in [4.78, 5) is 31.3. The van der Waals surface area contributed by atoms with Crippen LogP contribution in [-0.4, -0.2) is 76.3 Å². The van der Waals surface area contributed by atoms with Crippen molar-refractivity contribution >= 4 is 23.3 Å². The van der Waals surface area contributed by atoms with Gasteiger partial charge in [-0.3, -0.25) is 14.3 Å². The van der Waals surface area contributed by atoms with Crippen LogP contribution >= 0.6 is 11.6 Å². The van der Waals surface area contributed by atoms with E-state index in [1.54, 1.807) is 36.5 Å². The molecule has 2 aromatic heterocycles. The largest absolute Gasteiger partial charge is 0.497 e. The number of carbonyl (C=O) groups excluding carboxylic acids is 1. The molecule has 2 unspecified atom stereocenters. The van der Waals surface area contributed by atoms with Crippen LogP contribution in [0.15, 0.2) is 67.3 Å². The van der Waals surface area contributed by atoms with E-state index in [1.165, 1.54) is 5.56 Å². The van der Waals surface area contributed by atoms with Gasteiger partial charge in [0.2, 0.25) is 11.9 Å². The summed E-state index contributed by atoms with van der Waals surface area (Å²) in [7, 11) is 1.66. The molecule has 1 saturated heterocycles. The maximum Gasteiger partial charge on any atom is 0.238 e. The van der Waals surface area contributed by atoms with E-state index < -0.39 is 0 Å². The molecule has 4 heterocycles. The first kappa shape index (κ1) is 28.8. The standard InChI is InChI=1S/C31H34ClN7O4/c1-21(23-5-8-26-27(15-23)43-14-13-42-26)34-30(40)16-24-19-37(18-22-3-6-25(41-2)7-4-22)11-12-39(24)29-17-28(32)35-31(36-29)38-10-9-33-20-38/h3-10,15,17,20-21,24H,11-14,16,18-19H2,1-2H3,(H,34,40). The molecule has 0 aliphatic carbocycles. The summed E-state index contributed by atoms with van der Waals surface area (Å²) in [5, 5.41) is 3.50. The van der Waals surface area contributed by atoms with Crippen LogP contribution in [0.4, 0.5) is 5.82 Å². The summed E-state index contributed by atoms with van der Waals surface area (Å²) in [6, 6.07) is 15.3. The van der Waals surface area contributed by atoms with E-state index in [4.69, 9.17) is 30.8 Å². The molecule has 6 rings (SSSR count). The van der Waals surface area contributed by atoms with E-state index in [2.05, 4.69) is 37.2 Å². The number of benzene rings is 2. The first-order chi connectivity index (χ1) is 20.9. The monoisotopic (exact) mass is 603 g/mol. The van der Waals surface area contributed by atoms with Gasteiger partial charge in [0, 0.05) is 51.1 Å². The molecular formula is C31H34ClN7O4. The van der Waals surface area contributed by atoms with Crippen LogP contribution in [0.2, 0.25) is 5.15 Å². The molecule has 0 saturated carbocycles. The van der Waals surface area contributed by atoms with Gasteiger partial charge in [-0.1, -0.05) is 29.8 Å². The Balaban J connectivity index is 1.20. The predicted molar refractivity (Wildman–Crippen MR) is 162 cm³/mol. The number of nitrogens with one attached hydrogen (secondary N) is 1. The SMILES string of the molecule is COc1ccc(CN2CCN(c3cc(Cl)nc(-n4ccnc4)n3)C(CC(=O)NC(C)c3ccc4c(c3)OCCO4)C2)cc1. The van der Waals surface area contributed by atoms with Crippen LogP contribution in [0.1, 0.15) is 30.5 Å². The molecule has 0 bridgehead atoms. The molecule has 224 valence electrons. The third-order valence-electron chi connectivity index (χ3n) is 7.70. The Bertz CT molecular complexity index is 1550. The minimum Gasteiger partial charge on any atom is -0.497 e. The first-order valence-corrected chi connectivity index (χ1v) is 14.7. The number of fused-ring (bicyclic) bond motifs is 1. The van der Waals surface area contributed by atoms with E-state index in [0.29, 0.717) is 49.0 Å². The molecule has 43 heavy (non-hydrogen) atoms. The fraction of sp³-hybridized carbons (Fsp3) is 0.355. The minimum atomic E-state index is -0.211. The number of imidazole rings is 1. The topological polar surface area (TPSA) is 107 Å². The van der Waals surface area contributed by atoms with Crippen LogP contribution in [0.5, 0.6) is 17.2 Å². The summed E-state index contributed by atoms with van der Waals surface area (Å²) < 4.78 is 18.4. The summed E-state index contributed by atoms with van der Waals surface area (Å²) >= 11 is 6.46. The van der Waals surface area contributed by atoms with Crippen molar-refractivity contribution in [2.45, 2.75) is 32.0 Å². The van der Waals surface area contributed by atoms with Gasteiger partial charge in [-0.25, -0.2) is 9.97 Å². The molecule has 2 aliphatic heterocycles. The normalized spacial score (nSPS) is 17.4. The number of aromatic nitrogens is 4. The lowest BCUT2D eigenvalue weighted by molar-refractivity contribution is -0.122. The molecule has 2 atom stereocenters. The Morgan fingerprint density at radius 3 is 2.67 bits per heavy atom. The highest BCUT2D eigenvalue weighted by molar-refractivity contribution is 6.29. The highest BCUT2D eigenvalue weighted by Gasteiger charge is 2.31. The van der Waals surface area contributed by atoms with Gasteiger partial charge in [-0.05, 0) is 42.3 Å². The van der Waals surface area contributed by atoms with E-state index in [1.807, 2.05) is 37.3 Å². The lowest BCUT2D eigenvalue weighted by Gasteiger charge is -2.42. The zero-order chi connectivity index (χ0) is 29.8. The number of amides is 1. The molecule has 2 aliphatic rings. The maximum atomic E-state index is 13.5. The van der Waals surface area contributed by atoms with Crippen LogP contribution < -0.4 is 24.4 Å². The average molecular weight is 604 g/mol. The van der Waals surface area contributed by atoms with E-state index in [0.717, 1.165) is 30.2 Å². The van der Waals surface area contributed by atoms with E-state index in [9.17, 15) is 4.79 Å². The van der Waals surface area contributed by atoms with Crippen molar-refractivity contribution in [2.24, 2.45) is 0 Å². The van der Waals surface area contributed by atoms with Crippen LogP contribution in [-0.2, 0) is 11.3 Å². The van der Waals surface area contributed by atoms with Crippen LogP contribution in [0.3, 0.4) is 0 Å². The van der Waals surface area contributed by atoms with Crippen molar-refractivity contribution in [3.05, 3.63) is 83.5 Å². The number of carbonyl (C=O) groups is 1. The zero-order valence-corrected chi connectivity index (χ0v) is 24.9. The van der Waals surface area contributed by atoms with Crippen molar-refractivity contribution in [2.75, 3.05) is 44.9 Å². The summed E-state index contributed by atoms with van der Waals surface area (Å²) in [6.07, 6.45) is 5.34. The van der Waals surface area contributed by atoms with Gasteiger partial charge in [-0.2, -0.15) is 4.98 Å². The zero-order valence-electron chi connectivity index (χ0n) is 24.1. The second-order valence-electron chi connectivity index (χ2n) is 10.6. The lowest BCUT2D eigenvalue weighted by Crippen LogP contribution is -2.54. The second kappa shape index (κ2) is 12.9. The fourth-order valence-corrected chi connectivity index (χ4v) is 5.66. The number of ether oxygens (including phenoxy) is 3. The van der Waals surface area contributed by atoms with Gasteiger partial charge in [0.05, 0.1) is 19.2 Å². The van der Waals surface area contributed by atoms with E-state index >= 15 is 0 Å². The molecule has 11 nitrogen and oxygen atoms in total. The Morgan fingerprint density at radius 1 is 1.09 bits per heavy atom. The first-order valence-electron chi connectivity index (χ1n) is 14.3. The Morgan fingerprint density at radius 2 is 1.91 bits per heavy atom. The Labute approximate surface area is 255 Å². The molecule has 1 N–H and O–H groups in total. The fourth-order valence-electron chi connectivity index (χ4n) is 5.49. The maximum absolute atomic E-state index is 13.5. The average Bonchev–Trinajstić information content (AvgIpc) is 3.56. The number of nitrogens with zero attached hydrogens (tertiary/aromatic N) is 6. The molecular weight excluding hydrogens is 570 g/mol. The Kier molecular flexibility index (Phi) is 8.62. The van der Waals surface area contributed by atoms with Crippen molar-refractivity contribution in [3.8, 4) is 23.2 Å². The lowest BCUT2D eigenvalue weighted by atomic mass is 10.0. The molecule has 12 heteroatoms. The van der Waals surface area contributed by atoms with Gasteiger partial charge in [-0.15, -0.1) is 0 Å². The van der Waals surface area contributed by atoms with Gasteiger partial charge < -0.3 is 24.4 Å². The van der Waals surface area contributed by atoms with Gasteiger partial charge in [0.15, 0.2) is 11.5 Å². The molecule has 2 aromatic carbocycles. The van der Waals surface area contributed by atoms with Gasteiger partial charge in [0.1, 0.15) is 36.3 Å². The third kappa shape index (κ3) is 6.84. The molecule has 0 spiro atoms. The van der Waals surface area contributed by atoms with Gasteiger partial charge in [0.25, 0.3) is 0 Å². The highest BCUT2D eigenvalue weighted by atomic mass is 35.5.